The van der Waals surface area contributed by atoms with Crippen molar-refractivity contribution in [2.45, 2.75) is 26.4 Å². The molecule has 1 unspecified atom stereocenters. The van der Waals surface area contributed by atoms with E-state index in [9.17, 15) is 9.59 Å². The van der Waals surface area contributed by atoms with Crippen molar-refractivity contribution in [3.05, 3.63) is 53.3 Å². The molecule has 8 heteroatoms. The minimum Gasteiger partial charge on any atom is -0.495 e. The molecule has 1 saturated heterocycles. The summed E-state index contributed by atoms with van der Waals surface area (Å²) in [4.78, 5) is 31.6. The summed E-state index contributed by atoms with van der Waals surface area (Å²) in [5.41, 5.74) is 2.52. The number of carbonyl (C=O) groups is 2. The average molecular weight is 427 g/mol. The summed E-state index contributed by atoms with van der Waals surface area (Å²) in [6.07, 6.45) is 0.145. The number of halogens is 1. The van der Waals surface area contributed by atoms with E-state index in [1.807, 2.05) is 31.2 Å². The lowest BCUT2D eigenvalue weighted by Crippen LogP contribution is -2.33. The van der Waals surface area contributed by atoms with Gasteiger partial charge in [0.25, 0.3) is 0 Å². The number of anilines is 1. The molecule has 4 rings (SSSR count). The molecule has 1 fully saturated rings. The smallest absolute Gasteiger partial charge is 0.227 e. The van der Waals surface area contributed by atoms with Gasteiger partial charge < -0.3 is 19.5 Å². The third-order valence-corrected chi connectivity index (χ3v) is 5.63. The Bertz CT molecular complexity index is 1110. The minimum atomic E-state index is -0.444. The van der Waals surface area contributed by atoms with Crippen molar-refractivity contribution >= 4 is 40.1 Å². The molecule has 0 radical (unpaired) electrons. The second-order valence-electron chi connectivity index (χ2n) is 7.20. The Balaban J connectivity index is 1.47. The van der Waals surface area contributed by atoms with Crippen LogP contribution in [0.15, 0.2) is 42.5 Å². The highest BCUT2D eigenvalue weighted by Crippen LogP contribution is 2.35. The van der Waals surface area contributed by atoms with Crippen LogP contribution in [0.3, 0.4) is 0 Å². The highest BCUT2D eigenvalue weighted by molar-refractivity contribution is 6.31. The van der Waals surface area contributed by atoms with Crippen molar-refractivity contribution in [1.82, 2.24) is 14.9 Å². The number of hydrogen-bond donors (Lipinski definition) is 1. The summed E-state index contributed by atoms with van der Waals surface area (Å²) in [6, 6.07) is 13.0. The van der Waals surface area contributed by atoms with Gasteiger partial charge >= 0.3 is 0 Å². The lowest BCUT2D eigenvalue weighted by atomic mass is 10.1. The van der Waals surface area contributed by atoms with Crippen LogP contribution in [0.25, 0.3) is 11.0 Å². The molecule has 1 atom stereocenters. The molecule has 1 aliphatic heterocycles. The monoisotopic (exact) mass is 426 g/mol. The zero-order valence-corrected chi connectivity index (χ0v) is 17.6. The highest BCUT2D eigenvalue weighted by atomic mass is 35.5. The lowest BCUT2D eigenvalue weighted by Gasteiger charge is -2.20. The summed E-state index contributed by atoms with van der Waals surface area (Å²) in [7, 11) is 1.54. The van der Waals surface area contributed by atoms with E-state index in [0.29, 0.717) is 23.0 Å². The number of benzene rings is 2. The predicted molar refractivity (Wildman–Crippen MR) is 116 cm³/mol. The third kappa shape index (κ3) is 3.73. The van der Waals surface area contributed by atoms with E-state index in [0.717, 1.165) is 23.4 Å². The van der Waals surface area contributed by atoms with Crippen LogP contribution in [0, 0.1) is 5.92 Å². The second kappa shape index (κ2) is 8.36. The zero-order chi connectivity index (χ0) is 21.3. The number of carbonyl (C=O) groups excluding carboxylic acids is 2. The third-order valence-electron chi connectivity index (χ3n) is 5.40. The van der Waals surface area contributed by atoms with Crippen molar-refractivity contribution < 1.29 is 14.3 Å². The fourth-order valence-electron chi connectivity index (χ4n) is 3.91. The number of amides is 2. The van der Waals surface area contributed by atoms with Crippen molar-refractivity contribution in [2.24, 2.45) is 5.92 Å². The summed E-state index contributed by atoms with van der Waals surface area (Å²) in [6.45, 7) is 3.40. The molecule has 0 spiro atoms. The fourth-order valence-corrected chi connectivity index (χ4v) is 4.08. The van der Waals surface area contributed by atoms with Gasteiger partial charge in [0.2, 0.25) is 11.8 Å². The van der Waals surface area contributed by atoms with Crippen molar-refractivity contribution in [3.63, 3.8) is 0 Å². The molecule has 0 aliphatic carbocycles. The molecule has 2 aromatic carbocycles. The van der Waals surface area contributed by atoms with Crippen LogP contribution in [0.2, 0.25) is 5.02 Å². The van der Waals surface area contributed by atoms with Gasteiger partial charge in [0.1, 0.15) is 11.6 Å². The Morgan fingerprint density at radius 1 is 1.30 bits per heavy atom. The summed E-state index contributed by atoms with van der Waals surface area (Å²) in [5, 5.41) is 3.46. The number of aromatic nitrogens is 2. The summed E-state index contributed by atoms with van der Waals surface area (Å²) >= 11 is 6.10. The quantitative estimate of drug-likeness (QED) is 0.655. The van der Waals surface area contributed by atoms with Gasteiger partial charge in [0, 0.05) is 24.5 Å². The van der Waals surface area contributed by atoms with Crippen LogP contribution in [0.4, 0.5) is 5.69 Å². The fraction of sp³-hybridized carbons (Fsp3) is 0.318. The molecule has 30 heavy (non-hydrogen) atoms. The topological polar surface area (TPSA) is 76.5 Å². The van der Waals surface area contributed by atoms with Gasteiger partial charge in [0.15, 0.2) is 0 Å². The van der Waals surface area contributed by atoms with E-state index in [1.165, 1.54) is 7.11 Å². The molecule has 2 heterocycles. The number of methoxy groups -OCH3 is 1. The number of nitrogens with one attached hydrogen (secondary N) is 1. The Morgan fingerprint density at radius 3 is 2.87 bits per heavy atom. The number of para-hydroxylation sites is 2. The number of fused-ring (bicyclic) bond motifs is 1. The molecule has 0 saturated carbocycles. The van der Waals surface area contributed by atoms with E-state index in [2.05, 4.69) is 14.9 Å². The van der Waals surface area contributed by atoms with Gasteiger partial charge in [0.05, 0.1) is 36.3 Å². The number of nitrogens with zero attached hydrogens (tertiary/aromatic N) is 3. The van der Waals surface area contributed by atoms with Gasteiger partial charge in [-0.15, -0.1) is 0 Å². The maximum absolute atomic E-state index is 12.8. The van der Waals surface area contributed by atoms with Crippen LogP contribution in [0.5, 0.6) is 5.75 Å². The first kappa shape index (κ1) is 20.2. The SMILES string of the molecule is CCn1c(CNC(=O)C2CC(=O)N(c3cc(Cl)ccc3OC)C2)nc2ccccc21. The Kier molecular flexibility index (Phi) is 5.63. The maximum Gasteiger partial charge on any atom is 0.227 e. The van der Waals surface area contributed by atoms with Crippen LogP contribution >= 0.6 is 11.6 Å². The van der Waals surface area contributed by atoms with Crippen LogP contribution in [-0.2, 0) is 22.7 Å². The van der Waals surface area contributed by atoms with E-state index in [1.54, 1.807) is 23.1 Å². The van der Waals surface area contributed by atoms with Crippen molar-refractivity contribution in [1.29, 1.82) is 0 Å². The van der Waals surface area contributed by atoms with Crippen molar-refractivity contribution in [3.8, 4) is 5.75 Å². The molecule has 1 aromatic heterocycles. The van der Waals surface area contributed by atoms with E-state index in [-0.39, 0.29) is 24.8 Å². The van der Waals surface area contributed by atoms with Gasteiger partial charge in [-0.25, -0.2) is 4.98 Å². The number of ether oxygens (including phenoxy) is 1. The van der Waals surface area contributed by atoms with Crippen molar-refractivity contribution in [2.75, 3.05) is 18.6 Å². The minimum absolute atomic E-state index is 0.128. The molecular formula is C22H23ClN4O3. The molecule has 1 aliphatic rings. The first-order chi connectivity index (χ1) is 14.5. The number of hydrogen-bond acceptors (Lipinski definition) is 4. The molecule has 7 nitrogen and oxygen atoms in total. The Labute approximate surface area is 179 Å². The zero-order valence-electron chi connectivity index (χ0n) is 16.9. The van der Waals surface area contributed by atoms with Gasteiger partial charge in [-0.1, -0.05) is 23.7 Å². The standard InChI is InChI=1S/C22H23ClN4O3/c1-3-26-17-7-5-4-6-16(17)25-20(26)12-24-22(29)14-10-21(28)27(13-14)18-11-15(23)8-9-19(18)30-2/h4-9,11,14H,3,10,12-13H2,1-2H3,(H,24,29). The van der Waals surface area contributed by atoms with Gasteiger partial charge in [-0.3, -0.25) is 9.59 Å². The first-order valence-corrected chi connectivity index (χ1v) is 10.2. The molecule has 1 N–H and O–H groups in total. The molecule has 0 bridgehead atoms. The summed E-state index contributed by atoms with van der Waals surface area (Å²) in [5.74, 6) is 0.605. The van der Waals surface area contributed by atoms with Gasteiger partial charge in [-0.2, -0.15) is 0 Å². The van der Waals surface area contributed by atoms with Gasteiger partial charge in [-0.05, 0) is 37.3 Å². The Hall–Kier alpha value is -3.06. The largest absolute Gasteiger partial charge is 0.495 e. The molecule has 156 valence electrons. The normalized spacial score (nSPS) is 16.3. The molecular weight excluding hydrogens is 404 g/mol. The Morgan fingerprint density at radius 2 is 2.10 bits per heavy atom. The van der Waals surface area contributed by atoms with Crippen LogP contribution in [0.1, 0.15) is 19.2 Å². The molecule has 2 amide bonds. The van der Waals surface area contributed by atoms with E-state index >= 15 is 0 Å². The van der Waals surface area contributed by atoms with Crippen LogP contribution in [-0.4, -0.2) is 35.0 Å². The number of rotatable bonds is 6. The van der Waals surface area contributed by atoms with E-state index in [4.69, 9.17) is 16.3 Å². The molecule has 3 aromatic rings. The number of imidazole rings is 1. The lowest BCUT2D eigenvalue weighted by molar-refractivity contribution is -0.126. The van der Waals surface area contributed by atoms with E-state index < -0.39 is 5.92 Å². The predicted octanol–water partition coefficient (Wildman–Crippen LogP) is 3.39. The average Bonchev–Trinajstić information content (AvgIpc) is 3.31. The number of aryl methyl sites for hydroxylation is 1. The second-order valence-corrected chi connectivity index (χ2v) is 7.64. The first-order valence-electron chi connectivity index (χ1n) is 9.87. The maximum atomic E-state index is 12.8. The van der Waals surface area contributed by atoms with Crippen LogP contribution < -0.4 is 15.0 Å². The summed E-state index contributed by atoms with van der Waals surface area (Å²) < 4.78 is 7.43. The highest BCUT2D eigenvalue weighted by Gasteiger charge is 2.36.